The summed E-state index contributed by atoms with van der Waals surface area (Å²) in [6.45, 7) is 0. The van der Waals surface area contributed by atoms with E-state index in [0.29, 0.717) is 21.2 Å². The first-order valence-electron chi connectivity index (χ1n) is 5.57. The van der Waals surface area contributed by atoms with Crippen LogP contribution in [0, 0.1) is 0 Å². The lowest BCUT2D eigenvalue weighted by atomic mass is 10.0. The van der Waals surface area contributed by atoms with Gasteiger partial charge < -0.3 is 4.98 Å². The van der Waals surface area contributed by atoms with E-state index in [1.807, 2.05) is 6.07 Å². The van der Waals surface area contributed by atoms with E-state index >= 15 is 0 Å². The Morgan fingerprint density at radius 2 is 2.00 bits per heavy atom. The quantitative estimate of drug-likeness (QED) is 0.722. The van der Waals surface area contributed by atoms with Gasteiger partial charge in [-0.25, -0.2) is 0 Å². The Bertz CT molecular complexity index is 780. The van der Waals surface area contributed by atoms with Gasteiger partial charge in [0.25, 0.3) is 0 Å². The third-order valence-corrected chi connectivity index (χ3v) is 3.45. The number of hydrogen-bond acceptors (Lipinski definition) is 2. The first-order chi connectivity index (χ1) is 9.16. The van der Waals surface area contributed by atoms with Gasteiger partial charge in [0, 0.05) is 45.6 Å². The molecule has 19 heavy (non-hydrogen) atoms. The monoisotopic (exact) mass is 290 g/mol. The van der Waals surface area contributed by atoms with E-state index in [2.05, 4.69) is 9.97 Å². The highest BCUT2D eigenvalue weighted by molar-refractivity contribution is 6.38. The van der Waals surface area contributed by atoms with Crippen LogP contribution in [0.3, 0.4) is 0 Å². The third kappa shape index (κ3) is 2.11. The predicted octanol–water partition coefficient (Wildman–Crippen LogP) is 4.10. The smallest absolute Gasteiger partial charge is 0.196 e. The van der Waals surface area contributed by atoms with Crippen molar-refractivity contribution in [2.75, 3.05) is 0 Å². The number of halogens is 2. The number of rotatable bonds is 2. The second-order valence-corrected chi connectivity index (χ2v) is 4.92. The Morgan fingerprint density at radius 3 is 2.79 bits per heavy atom. The van der Waals surface area contributed by atoms with Crippen LogP contribution in [0.1, 0.15) is 15.9 Å². The second-order valence-electron chi connectivity index (χ2n) is 4.08. The van der Waals surface area contributed by atoms with Crippen LogP contribution >= 0.6 is 23.2 Å². The highest BCUT2D eigenvalue weighted by Crippen LogP contribution is 2.26. The van der Waals surface area contributed by atoms with E-state index in [9.17, 15) is 4.79 Å². The number of carbonyl (C=O) groups is 1. The highest BCUT2D eigenvalue weighted by Gasteiger charge is 2.17. The summed E-state index contributed by atoms with van der Waals surface area (Å²) in [4.78, 5) is 19.5. The van der Waals surface area contributed by atoms with Gasteiger partial charge in [0.15, 0.2) is 5.78 Å². The summed E-state index contributed by atoms with van der Waals surface area (Å²) >= 11 is 11.9. The SMILES string of the molecule is O=C(c1ccc(Cl)cc1Cl)c1c[nH]c2ccncc12. The van der Waals surface area contributed by atoms with Crippen molar-refractivity contribution in [3.05, 3.63) is 64.0 Å². The van der Waals surface area contributed by atoms with Crippen LogP contribution in [-0.4, -0.2) is 15.8 Å². The number of ketones is 1. The van der Waals surface area contributed by atoms with Crippen molar-refractivity contribution in [3.63, 3.8) is 0 Å². The van der Waals surface area contributed by atoms with Gasteiger partial charge in [0.2, 0.25) is 0 Å². The van der Waals surface area contributed by atoms with Gasteiger partial charge in [0.05, 0.1) is 5.02 Å². The summed E-state index contributed by atoms with van der Waals surface area (Å²) in [6.07, 6.45) is 4.99. The van der Waals surface area contributed by atoms with Crippen LogP contribution in [-0.2, 0) is 0 Å². The van der Waals surface area contributed by atoms with Crippen LogP contribution in [0.15, 0.2) is 42.9 Å². The fourth-order valence-corrected chi connectivity index (χ4v) is 2.46. The average Bonchev–Trinajstić information content (AvgIpc) is 2.82. The van der Waals surface area contributed by atoms with E-state index in [-0.39, 0.29) is 5.78 Å². The van der Waals surface area contributed by atoms with Crippen LogP contribution in [0.2, 0.25) is 10.0 Å². The fraction of sp³-hybridized carbons (Fsp3) is 0. The highest BCUT2D eigenvalue weighted by atomic mass is 35.5. The number of hydrogen-bond donors (Lipinski definition) is 1. The van der Waals surface area contributed by atoms with Crippen LogP contribution in [0.4, 0.5) is 0 Å². The molecule has 94 valence electrons. The van der Waals surface area contributed by atoms with E-state index in [4.69, 9.17) is 23.2 Å². The maximum absolute atomic E-state index is 12.5. The number of fused-ring (bicyclic) bond motifs is 1. The molecular formula is C14H8Cl2N2O. The molecule has 0 radical (unpaired) electrons. The molecule has 1 aromatic carbocycles. The van der Waals surface area contributed by atoms with Crippen molar-refractivity contribution in [3.8, 4) is 0 Å². The molecule has 0 amide bonds. The zero-order chi connectivity index (χ0) is 13.4. The molecule has 2 aromatic heterocycles. The maximum Gasteiger partial charge on any atom is 0.196 e. The minimum Gasteiger partial charge on any atom is -0.360 e. The van der Waals surface area contributed by atoms with Crippen molar-refractivity contribution in [1.29, 1.82) is 0 Å². The Labute approximate surface area is 119 Å². The summed E-state index contributed by atoms with van der Waals surface area (Å²) in [5.74, 6) is -0.152. The molecule has 0 saturated heterocycles. The summed E-state index contributed by atoms with van der Waals surface area (Å²) in [5, 5.41) is 1.62. The van der Waals surface area contributed by atoms with Gasteiger partial charge in [0.1, 0.15) is 0 Å². The summed E-state index contributed by atoms with van der Waals surface area (Å²) < 4.78 is 0. The topological polar surface area (TPSA) is 45.8 Å². The van der Waals surface area contributed by atoms with Crippen molar-refractivity contribution >= 4 is 39.9 Å². The van der Waals surface area contributed by atoms with Gasteiger partial charge in [-0.3, -0.25) is 9.78 Å². The van der Waals surface area contributed by atoms with Crippen molar-refractivity contribution in [2.45, 2.75) is 0 Å². The van der Waals surface area contributed by atoms with Crippen LogP contribution in [0.5, 0.6) is 0 Å². The lowest BCUT2D eigenvalue weighted by Gasteiger charge is -2.03. The maximum atomic E-state index is 12.5. The number of aromatic amines is 1. The number of benzene rings is 1. The number of pyridine rings is 1. The molecular weight excluding hydrogens is 283 g/mol. The van der Waals surface area contributed by atoms with Crippen LogP contribution in [0.25, 0.3) is 10.9 Å². The molecule has 0 saturated carbocycles. The first kappa shape index (κ1) is 12.2. The number of nitrogens with one attached hydrogen (secondary N) is 1. The van der Waals surface area contributed by atoms with E-state index in [1.54, 1.807) is 36.8 Å². The zero-order valence-electron chi connectivity index (χ0n) is 9.65. The number of carbonyl (C=O) groups excluding carboxylic acids is 1. The van der Waals surface area contributed by atoms with Gasteiger partial charge in [-0.15, -0.1) is 0 Å². The Morgan fingerprint density at radius 1 is 1.16 bits per heavy atom. The van der Waals surface area contributed by atoms with Crippen molar-refractivity contribution in [2.24, 2.45) is 0 Å². The number of nitrogens with zero attached hydrogens (tertiary/aromatic N) is 1. The molecule has 3 nitrogen and oxygen atoms in total. The van der Waals surface area contributed by atoms with Crippen molar-refractivity contribution < 1.29 is 4.79 Å². The largest absolute Gasteiger partial charge is 0.360 e. The normalized spacial score (nSPS) is 10.8. The van der Waals surface area contributed by atoms with E-state index in [0.717, 1.165) is 10.9 Å². The van der Waals surface area contributed by atoms with Gasteiger partial charge >= 0.3 is 0 Å². The average molecular weight is 291 g/mol. The minimum atomic E-state index is -0.152. The molecule has 3 aromatic rings. The summed E-state index contributed by atoms with van der Waals surface area (Å²) in [5.41, 5.74) is 1.84. The molecule has 0 unspecified atom stereocenters. The van der Waals surface area contributed by atoms with Gasteiger partial charge in [-0.1, -0.05) is 23.2 Å². The molecule has 0 bridgehead atoms. The summed E-state index contributed by atoms with van der Waals surface area (Å²) in [6, 6.07) is 6.65. The number of H-pyrrole nitrogens is 1. The molecule has 5 heteroatoms. The molecule has 0 aliphatic carbocycles. The van der Waals surface area contributed by atoms with E-state index < -0.39 is 0 Å². The van der Waals surface area contributed by atoms with Crippen LogP contribution < -0.4 is 0 Å². The zero-order valence-corrected chi connectivity index (χ0v) is 11.2. The lowest BCUT2D eigenvalue weighted by molar-refractivity contribution is 0.104. The minimum absolute atomic E-state index is 0.152. The summed E-state index contributed by atoms with van der Waals surface area (Å²) in [7, 11) is 0. The van der Waals surface area contributed by atoms with E-state index in [1.165, 1.54) is 0 Å². The lowest BCUT2D eigenvalue weighted by Crippen LogP contribution is -2.01. The Hall–Kier alpha value is -1.84. The molecule has 0 spiro atoms. The molecule has 0 aliphatic heterocycles. The second kappa shape index (κ2) is 4.68. The molecule has 0 fully saturated rings. The molecule has 0 aliphatic rings. The van der Waals surface area contributed by atoms with Crippen molar-refractivity contribution in [1.82, 2.24) is 9.97 Å². The third-order valence-electron chi connectivity index (χ3n) is 2.90. The molecule has 1 N–H and O–H groups in total. The predicted molar refractivity (Wildman–Crippen MR) is 76.0 cm³/mol. The Balaban J connectivity index is 2.13. The molecule has 3 rings (SSSR count). The molecule has 0 atom stereocenters. The fourth-order valence-electron chi connectivity index (χ4n) is 1.97. The van der Waals surface area contributed by atoms with Gasteiger partial charge in [-0.2, -0.15) is 0 Å². The standard InChI is InChI=1S/C14H8Cl2N2O/c15-8-1-2-9(12(16)5-8)14(19)11-7-18-13-3-4-17-6-10(11)13/h1-7,18H. The number of aromatic nitrogens is 2. The van der Waals surface area contributed by atoms with Gasteiger partial charge in [-0.05, 0) is 24.3 Å². The first-order valence-corrected chi connectivity index (χ1v) is 6.33. The Kier molecular flexibility index (Phi) is 3.01. The molecule has 2 heterocycles.